The van der Waals surface area contributed by atoms with Crippen LogP contribution < -0.4 is 0 Å². The van der Waals surface area contributed by atoms with Crippen LogP contribution in [0.2, 0.25) is 0 Å². The van der Waals surface area contributed by atoms with E-state index in [-0.39, 0.29) is 0 Å². The van der Waals surface area contributed by atoms with E-state index >= 15 is 0 Å². The highest BCUT2D eigenvalue weighted by atomic mass is 32.2. The fraction of sp³-hybridized carbons (Fsp3) is 0.143. The van der Waals surface area contributed by atoms with Gasteiger partial charge in [0.15, 0.2) is 0 Å². The first-order valence-electron chi connectivity index (χ1n) is 5.19. The molecule has 0 heterocycles. The summed E-state index contributed by atoms with van der Waals surface area (Å²) < 4.78 is 0. The van der Waals surface area contributed by atoms with Gasteiger partial charge in [0.1, 0.15) is 5.75 Å². The summed E-state index contributed by atoms with van der Waals surface area (Å²) in [4.78, 5) is 2.38. The second-order valence-corrected chi connectivity index (χ2v) is 5.01. The Labute approximate surface area is 100 Å². The third-order valence-corrected chi connectivity index (χ3v) is 3.37. The summed E-state index contributed by atoms with van der Waals surface area (Å²) in [5.41, 5.74) is 2.18. The van der Waals surface area contributed by atoms with Crippen molar-refractivity contribution < 1.29 is 5.11 Å². The first-order valence-corrected chi connectivity index (χ1v) is 6.01. The van der Waals surface area contributed by atoms with Crippen LogP contribution in [0.3, 0.4) is 0 Å². The van der Waals surface area contributed by atoms with Gasteiger partial charge in [0, 0.05) is 9.79 Å². The Bertz CT molecular complexity index is 506. The Morgan fingerprint density at radius 2 is 1.69 bits per heavy atom. The number of aryl methyl sites for hydroxylation is 2. The number of hydrogen-bond donors (Lipinski definition) is 1. The van der Waals surface area contributed by atoms with Crippen molar-refractivity contribution in [2.75, 3.05) is 0 Å². The Morgan fingerprint density at radius 1 is 0.938 bits per heavy atom. The molecular formula is C14H14OS. The highest BCUT2D eigenvalue weighted by molar-refractivity contribution is 7.99. The maximum Gasteiger partial charge on any atom is 0.118 e. The molecule has 0 radical (unpaired) electrons. The predicted molar refractivity (Wildman–Crippen MR) is 68.1 cm³/mol. The lowest BCUT2D eigenvalue weighted by molar-refractivity contribution is 0.470. The van der Waals surface area contributed by atoms with Gasteiger partial charge in [-0.25, -0.2) is 0 Å². The van der Waals surface area contributed by atoms with Crippen molar-refractivity contribution in [3.8, 4) is 5.75 Å². The molecule has 0 aliphatic rings. The first-order chi connectivity index (χ1) is 7.65. The second kappa shape index (κ2) is 4.62. The van der Waals surface area contributed by atoms with Crippen LogP contribution in [-0.4, -0.2) is 5.11 Å². The van der Waals surface area contributed by atoms with Crippen LogP contribution in [0.15, 0.2) is 52.3 Å². The molecule has 0 amide bonds. The Kier molecular flexibility index (Phi) is 3.20. The summed E-state index contributed by atoms with van der Waals surface area (Å²) in [6.07, 6.45) is 0. The average Bonchev–Trinajstić information content (AvgIpc) is 2.24. The molecule has 0 unspecified atom stereocenters. The zero-order valence-corrected chi connectivity index (χ0v) is 10.2. The number of benzene rings is 2. The van der Waals surface area contributed by atoms with Crippen molar-refractivity contribution in [2.45, 2.75) is 23.6 Å². The van der Waals surface area contributed by atoms with Crippen molar-refractivity contribution >= 4 is 11.8 Å². The van der Waals surface area contributed by atoms with E-state index in [2.05, 4.69) is 31.2 Å². The van der Waals surface area contributed by atoms with Gasteiger partial charge < -0.3 is 5.11 Å². The SMILES string of the molecule is Cc1cccc(Sc2ccc(O)c(C)c2)c1. The molecule has 2 heteroatoms. The van der Waals surface area contributed by atoms with Crippen molar-refractivity contribution in [1.29, 1.82) is 0 Å². The molecule has 16 heavy (non-hydrogen) atoms. The van der Waals surface area contributed by atoms with Crippen LogP contribution in [-0.2, 0) is 0 Å². The molecule has 1 N–H and O–H groups in total. The lowest BCUT2D eigenvalue weighted by atomic mass is 10.2. The van der Waals surface area contributed by atoms with Gasteiger partial charge in [-0.15, -0.1) is 0 Å². The molecule has 2 aromatic carbocycles. The van der Waals surface area contributed by atoms with Crippen LogP contribution in [0.25, 0.3) is 0 Å². The van der Waals surface area contributed by atoms with Crippen LogP contribution in [0.5, 0.6) is 5.75 Å². The zero-order valence-electron chi connectivity index (χ0n) is 9.40. The highest BCUT2D eigenvalue weighted by Crippen LogP contribution is 2.30. The summed E-state index contributed by atoms with van der Waals surface area (Å²) in [6.45, 7) is 4.00. The minimum Gasteiger partial charge on any atom is -0.508 e. The molecule has 0 fully saturated rings. The van der Waals surface area contributed by atoms with Crippen molar-refractivity contribution in [2.24, 2.45) is 0 Å². The number of rotatable bonds is 2. The Balaban J connectivity index is 2.24. The molecule has 82 valence electrons. The fourth-order valence-corrected chi connectivity index (χ4v) is 2.54. The summed E-state index contributed by atoms with van der Waals surface area (Å²) >= 11 is 1.71. The number of aromatic hydroxyl groups is 1. The molecule has 2 rings (SSSR count). The molecule has 2 aromatic rings. The van der Waals surface area contributed by atoms with E-state index in [1.54, 1.807) is 17.8 Å². The van der Waals surface area contributed by atoms with Crippen molar-refractivity contribution in [3.63, 3.8) is 0 Å². The van der Waals surface area contributed by atoms with E-state index in [1.165, 1.54) is 10.5 Å². The minimum atomic E-state index is 0.355. The van der Waals surface area contributed by atoms with Gasteiger partial charge in [-0.3, -0.25) is 0 Å². The van der Waals surface area contributed by atoms with E-state index < -0.39 is 0 Å². The van der Waals surface area contributed by atoms with Gasteiger partial charge in [-0.05, 0) is 49.7 Å². The van der Waals surface area contributed by atoms with Crippen LogP contribution in [0.1, 0.15) is 11.1 Å². The molecule has 0 saturated heterocycles. The standard InChI is InChI=1S/C14H14OS/c1-10-4-3-5-12(8-10)16-13-6-7-14(15)11(2)9-13/h3-9,15H,1-2H3. The minimum absolute atomic E-state index is 0.355. The summed E-state index contributed by atoms with van der Waals surface area (Å²) in [5, 5.41) is 9.44. The lowest BCUT2D eigenvalue weighted by Crippen LogP contribution is -1.78. The van der Waals surface area contributed by atoms with E-state index in [0.717, 1.165) is 10.5 Å². The number of phenolic OH excluding ortho intramolecular Hbond substituents is 1. The molecule has 0 bridgehead atoms. The van der Waals surface area contributed by atoms with Crippen LogP contribution >= 0.6 is 11.8 Å². The largest absolute Gasteiger partial charge is 0.508 e. The monoisotopic (exact) mass is 230 g/mol. The first kappa shape index (κ1) is 11.1. The van der Waals surface area contributed by atoms with Crippen molar-refractivity contribution in [1.82, 2.24) is 0 Å². The van der Waals surface area contributed by atoms with Crippen LogP contribution in [0.4, 0.5) is 0 Å². The predicted octanol–water partition coefficient (Wildman–Crippen LogP) is 4.16. The maximum absolute atomic E-state index is 9.44. The van der Waals surface area contributed by atoms with E-state index in [1.807, 2.05) is 19.1 Å². The molecular weight excluding hydrogens is 216 g/mol. The van der Waals surface area contributed by atoms with Gasteiger partial charge in [-0.2, -0.15) is 0 Å². The Hall–Kier alpha value is -1.41. The summed E-state index contributed by atoms with van der Waals surface area (Å²) in [7, 11) is 0. The molecule has 0 saturated carbocycles. The molecule has 0 aromatic heterocycles. The average molecular weight is 230 g/mol. The van der Waals surface area contributed by atoms with Crippen LogP contribution in [0, 0.1) is 13.8 Å². The van der Waals surface area contributed by atoms with Gasteiger partial charge >= 0.3 is 0 Å². The zero-order chi connectivity index (χ0) is 11.5. The molecule has 0 aliphatic heterocycles. The van der Waals surface area contributed by atoms with Gasteiger partial charge in [-0.1, -0.05) is 29.5 Å². The topological polar surface area (TPSA) is 20.2 Å². The normalized spacial score (nSPS) is 10.4. The van der Waals surface area contributed by atoms with E-state index in [0.29, 0.717) is 5.75 Å². The Morgan fingerprint density at radius 3 is 2.38 bits per heavy atom. The number of phenols is 1. The van der Waals surface area contributed by atoms with Gasteiger partial charge in [0.2, 0.25) is 0 Å². The lowest BCUT2D eigenvalue weighted by Gasteiger charge is -2.05. The maximum atomic E-state index is 9.44. The fourth-order valence-electron chi connectivity index (χ4n) is 1.51. The molecule has 0 atom stereocenters. The molecule has 0 aliphatic carbocycles. The van der Waals surface area contributed by atoms with Crippen molar-refractivity contribution in [3.05, 3.63) is 53.6 Å². The quantitative estimate of drug-likeness (QED) is 0.836. The molecule has 0 spiro atoms. The third kappa shape index (κ3) is 2.58. The van der Waals surface area contributed by atoms with Gasteiger partial charge in [0.05, 0.1) is 0 Å². The third-order valence-electron chi connectivity index (χ3n) is 2.39. The summed E-state index contributed by atoms with van der Waals surface area (Å²) in [6, 6.07) is 14.1. The highest BCUT2D eigenvalue weighted by Gasteiger charge is 2.00. The summed E-state index contributed by atoms with van der Waals surface area (Å²) in [5.74, 6) is 0.355. The van der Waals surface area contributed by atoms with E-state index in [4.69, 9.17) is 0 Å². The number of hydrogen-bond acceptors (Lipinski definition) is 2. The van der Waals surface area contributed by atoms with Gasteiger partial charge in [0.25, 0.3) is 0 Å². The van der Waals surface area contributed by atoms with E-state index in [9.17, 15) is 5.11 Å². The molecule has 1 nitrogen and oxygen atoms in total. The smallest absolute Gasteiger partial charge is 0.118 e. The second-order valence-electron chi connectivity index (χ2n) is 3.87.